The van der Waals surface area contributed by atoms with Crippen LogP contribution in [0.25, 0.3) is 0 Å². The molecule has 1 heterocycles. The third-order valence-electron chi connectivity index (χ3n) is 2.78. The fraction of sp³-hybridized carbons (Fsp3) is 0.286. The summed E-state index contributed by atoms with van der Waals surface area (Å²) in [4.78, 5) is 10.6. The Bertz CT molecular complexity index is 570. The quantitative estimate of drug-likeness (QED) is 0.595. The lowest BCUT2D eigenvalue weighted by Crippen LogP contribution is -2.03. The predicted molar refractivity (Wildman–Crippen MR) is 83.5 cm³/mol. The molecule has 0 radical (unpaired) electrons. The van der Waals surface area contributed by atoms with Gasteiger partial charge in [0.25, 0.3) is 5.69 Å². The van der Waals surface area contributed by atoms with Gasteiger partial charge in [0.2, 0.25) is 0 Å². The van der Waals surface area contributed by atoms with Gasteiger partial charge in [-0.2, -0.15) is 11.3 Å². The van der Waals surface area contributed by atoms with Crippen molar-refractivity contribution in [2.24, 2.45) is 0 Å². The van der Waals surface area contributed by atoms with Crippen LogP contribution >= 0.6 is 11.3 Å². The van der Waals surface area contributed by atoms with Crippen molar-refractivity contribution in [2.45, 2.75) is 19.9 Å². The Kier molecular flexibility index (Phi) is 4.95. The summed E-state index contributed by atoms with van der Waals surface area (Å²) in [5.41, 5.74) is 2.79. The highest BCUT2D eigenvalue weighted by Crippen LogP contribution is 2.25. The van der Waals surface area contributed by atoms with Crippen molar-refractivity contribution < 1.29 is 4.92 Å². The summed E-state index contributed by atoms with van der Waals surface area (Å²) in [6.07, 6.45) is 0.973. The molecule has 20 heavy (non-hydrogen) atoms. The molecular formula is C14H17N3O2S. The number of nitrogens with one attached hydrogen (secondary N) is 2. The number of nitro groups is 1. The Labute approximate surface area is 121 Å². The van der Waals surface area contributed by atoms with Gasteiger partial charge < -0.3 is 10.6 Å². The van der Waals surface area contributed by atoms with Crippen LogP contribution in [-0.4, -0.2) is 11.5 Å². The molecular weight excluding hydrogens is 274 g/mol. The van der Waals surface area contributed by atoms with Crippen LogP contribution in [0.4, 0.5) is 17.1 Å². The van der Waals surface area contributed by atoms with Gasteiger partial charge in [-0.3, -0.25) is 10.1 Å². The van der Waals surface area contributed by atoms with Crippen molar-refractivity contribution in [1.29, 1.82) is 0 Å². The maximum atomic E-state index is 11.0. The predicted octanol–water partition coefficient (Wildman–Crippen LogP) is 4.09. The zero-order chi connectivity index (χ0) is 14.4. The van der Waals surface area contributed by atoms with Gasteiger partial charge in [0.15, 0.2) is 0 Å². The Hall–Kier alpha value is -2.08. The summed E-state index contributed by atoms with van der Waals surface area (Å²) in [6, 6.07) is 7.05. The van der Waals surface area contributed by atoms with E-state index < -0.39 is 0 Å². The zero-order valence-corrected chi connectivity index (χ0v) is 12.1. The molecule has 2 rings (SSSR count). The third-order valence-corrected chi connectivity index (χ3v) is 3.52. The highest BCUT2D eigenvalue weighted by Gasteiger charge is 2.09. The first-order valence-corrected chi connectivity index (χ1v) is 7.41. The molecule has 0 unspecified atom stereocenters. The number of non-ortho nitro benzene ring substituents is 1. The SMILES string of the molecule is CCCNc1cc(NCc2ccsc2)cc([N+](=O)[O-])c1. The van der Waals surface area contributed by atoms with Crippen molar-refractivity contribution in [3.05, 3.63) is 50.7 Å². The van der Waals surface area contributed by atoms with E-state index in [-0.39, 0.29) is 10.6 Å². The van der Waals surface area contributed by atoms with E-state index in [1.54, 1.807) is 23.5 Å². The van der Waals surface area contributed by atoms with Gasteiger partial charge in [0.1, 0.15) is 0 Å². The molecule has 1 aromatic carbocycles. The van der Waals surface area contributed by atoms with Crippen LogP contribution in [0.2, 0.25) is 0 Å². The lowest BCUT2D eigenvalue weighted by molar-refractivity contribution is -0.384. The van der Waals surface area contributed by atoms with E-state index in [4.69, 9.17) is 0 Å². The third kappa shape index (κ3) is 3.96. The van der Waals surface area contributed by atoms with Gasteiger partial charge in [-0.15, -0.1) is 0 Å². The smallest absolute Gasteiger partial charge is 0.273 e. The minimum Gasteiger partial charge on any atom is -0.385 e. The molecule has 0 fully saturated rings. The van der Waals surface area contributed by atoms with Gasteiger partial charge in [0.05, 0.1) is 4.92 Å². The highest BCUT2D eigenvalue weighted by atomic mass is 32.1. The van der Waals surface area contributed by atoms with Crippen molar-refractivity contribution in [3.63, 3.8) is 0 Å². The molecule has 0 atom stereocenters. The standard InChI is InChI=1S/C14H17N3O2S/c1-2-4-15-12-6-13(8-14(7-12)17(18)19)16-9-11-3-5-20-10-11/h3,5-8,10,15-16H,2,4,9H2,1H3. The summed E-state index contributed by atoms with van der Waals surface area (Å²) in [5, 5.41) is 21.4. The van der Waals surface area contributed by atoms with Crippen molar-refractivity contribution in [1.82, 2.24) is 0 Å². The minimum atomic E-state index is -0.368. The number of thiophene rings is 1. The first-order valence-electron chi connectivity index (χ1n) is 6.47. The number of benzene rings is 1. The lowest BCUT2D eigenvalue weighted by atomic mass is 10.2. The maximum Gasteiger partial charge on any atom is 0.273 e. The molecule has 5 nitrogen and oxygen atoms in total. The molecule has 0 aliphatic carbocycles. The largest absolute Gasteiger partial charge is 0.385 e. The number of hydrogen-bond donors (Lipinski definition) is 2. The van der Waals surface area contributed by atoms with Crippen LogP contribution in [0.1, 0.15) is 18.9 Å². The first kappa shape index (κ1) is 14.3. The molecule has 0 aliphatic rings. The highest BCUT2D eigenvalue weighted by molar-refractivity contribution is 7.07. The van der Waals surface area contributed by atoms with Crippen LogP contribution in [0.5, 0.6) is 0 Å². The second-order valence-corrected chi connectivity index (χ2v) is 5.22. The molecule has 6 heteroatoms. The second-order valence-electron chi connectivity index (χ2n) is 4.44. The van der Waals surface area contributed by atoms with Crippen LogP contribution in [0.15, 0.2) is 35.0 Å². The summed E-state index contributed by atoms with van der Waals surface area (Å²) in [7, 11) is 0. The number of nitrogens with zero attached hydrogens (tertiary/aromatic N) is 1. The molecule has 1 aromatic heterocycles. The average molecular weight is 291 g/mol. The van der Waals surface area contributed by atoms with Crippen LogP contribution in [-0.2, 0) is 6.54 Å². The molecule has 2 aromatic rings. The van der Waals surface area contributed by atoms with E-state index in [0.29, 0.717) is 6.54 Å². The van der Waals surface area contributed by atoms with Gasteiger partial charge in [-0.05, 0) is 34.9 Å². The van der Waals surface area contributed by atoms with Crippen molar-refractivity contribution >= 4 is 28.4 Å². The van der Waals surface area contributed by atoms with E-state index in [1.807, 2.05) is 17.5 Å². The Morgan fingerprint density at radius 2 is 2.00 bits per heavy atom. The number of rotatable bonds is 7. The van der Waals surface area contributed by atoms with Crippen LogP contribution in [0.3, 0.4) is 0 Å². The fourth-order valence-electron chi connectivity index (χ4n) is 1.79. The molecule has 0 amide bonds. The summed E-state index contributed by atoms with van der Waals surface area (Å²) >= 11 is 1.64. The monoisotopic (exact) mass is 291 g/mol. The van der Waals surface area contributed by atoms with Gasteiger partial charge in [0, 0.05) is 36.6 Å². The number of nitro benzene ring substituents is 1. The van der Waals surface area contributed by atoms with E-state index in [9.17, 15) is 10.1 Å². The summed E-state index contributed by atoms with van der Waals surface area (Å²) < 4.78 is 0. The minimum absolute atomic E-state index is 0.0962. The van der Waals surface area contributed by atoms with E-state index >= 15 is 0 Å². The van der Waals surface area contributed by atoms with E-state index in [1.165, 1.54) is 5.56 Å². The normalized spacial score (nSPS) is 10.2. The number of anilines is 2. The maximum absolute atomic E-state index is 11.0. The second kappa shape index (κ2) is 6.91. The zero-order valence-electron chi connectivity index (χ0n) is 11.3. The van der Waals surface area contributed by atoms with Crippen molar-refractivity contribution in [3.8, 4) is 0 Å². The topological polar surface area (TPSA) is 67.2 Å². The molecule has 0 bridgehead atoms. The first-order chi connectivity index (χ1) is 9.69. The fourth-order valence-corrected chi connectivity index (χ4v) is 2.46. The Balaban J connectivity index is 2.13. The summed E-state index contributed by atoms with van der Waals surface area (Å²) in [6.45, 7) is 3.52. The Morgan fingerprint density at radius 1 is 1.25 bits per heavy atom. The molecule has 0 saturated heterocycles. The molecule has 0 saturated carbocycles. The van der Waals surface area contributed by atoms with Crippen LogP contribution < -0.4 is 10.6 Å². The van der Waals surface area contributed by atoms with E-state index in [0.717, 1.165) is 24.3 Å². The molecule has 0 spiro atoms. The Morgan fingerprint density at radius 3 is 2.60 bits per heavy atom. The van der Waals surface area contributed by atoms with Gasteiger partial charge in [-0.1, -0.05) is 6.92 Å². The molecule has 0 aliphatic heterocycles. The van der Waals surface area contributed by atoms with Gasteiger partial charge in [-0.25, -0.2) is 0 Å². The lowest BCUT2D eigenvalue weighted by Gasteiger charge is -2.09. The average Bonchev–Trinajstić information content (AvgIpc) is 2.96. The van der Waals surface area contributed by atoms with E-state index in [2.05, 4.69) is 22.9 Å². The van der Waals surface area contributed by atoms with Crippen LogP contribution in [0, 0.1) is 10.1 Å². The van der Waals surface area contributed by atoms with Gasteiger partial charge >= 0.3 is 0 Å². The van der Waals surface area contributed by atoms with Crippen molar-refractivity contribution in [2.75, 3.05) is 17.2 Å². The number of hydrogen-bond acceptors (Lipinski definition) is 5. The molecule has 2 N–H and O–H groups in total. The molecule has 106 valence electrons. The summed E-state index contributed by atoms with van der Waals surface area (Å²) in [5.74, 6) is 0.